The molecule has 2 aliphatic rings. The number of nitrogens with two attached hydrogens (primary N) is 1. The van der Waals surface area contributed by atoms with E-state index in [1.54, 1.807) is 0 Å². The van der Waals surface area contributed by atoms with Gasteiger partial charge in [-0.2, -0.15) is 0 Å². The Morgan fingerprint density at radius 2 is 2.39 bits per heavy atom. The summed E-state index contributed by atoms with van der Waals surface area (Å²) in [6, 6.07) is 0.600. The molecule has 5 heteroatoms. The Morgan fingerprint density at radius 1 is 1.56 bits per heavy atom. The lowest BCUT2D eigenvalue weighted by molar-refractivity contribution is 0.509. The summed E-state index contributed by atoms with van der Waals surface area (Å²) >= 11 is 2.44. The lowest BCUT2D eigenvalue weighted by atomic mass is 10.1. The van der Waals surface area contributed by atoms with Gasteiger partial charge >= 0.3 is 0 Å². The van der Waals surface area contributed by atoms with Gasteiger partial charge in [0.05, 0.1) is 5.56 Å². The molecule has 3 heterocycles. The molecule has 1 atom stereocenters. The van der Waals surface area contributed by atoms with E-state index in [0.29, 0.717) is 6.04 Å². The first-order valence-electron chi connectivity index (χ1n) is 6.66. The maximum absolute atomic E-state index is 6.10. The molecule has 18 heavy (non-hydrogen) atoms. The monoisotopic (exact) mass is 358 g/mol. The van der Waals surface area contributed by atoms with Crippen LogP contribution < -0.4 is 11.1 Å². The average Bonchev–Trinajstić information content (AvgIpc) is 2.95. The maximum Gasteiger partial charge on any atom is 0.128 e. The number of halogens is 1. The molecule has 1 aromatic heterocycles. The molecule has 3 N–H and O–H groups in total. The molecule has 3 rings (SSSR count). The number of hydrogen-bond donors (Lipinski definition) is 2. The van der Waals surface area contributed by atoms with E-state index in [4.69, 9.17) is 5.73 Å². The Kier molecular flexibility index (Phi) is 3.36. The van der Waals surface area contributed by atoms with Crippen LogP contribution in [-0.4, -0.2) is 30.0 Å². The van der Waals surface area contributed by atoms with Crippen LogP contribution in [0.25, 0.3) is 0 Å². The summed E-state index contributed by atoms with van der Waals surface area (Å²) in [5.74, 6) is 0.736. The van der Waals surface area contributed by atoms with E-state index < -0.39 is 0 Å². The van der Waals surface area contributed by atoms with Crippen molar-refractivity contribution in [2.75, 3.05) is 19.6 Å². The van der Waals surface area contributed by atoms with Crippen LogP contribution in [0.5, 0.6) is 0 Å². The van der Waals surface area contributed by atoms with Crippen LogP contribution in [0.4, 0.5) is 0 Å². The van der Waals surface area contributed by atoms with Gasteiger partial charge in [-0.05, 0) is 42.0 Å². The summed E-state index contributed by atoms with van der Waals surface area (Å²) in [6.07, 6.45) is 3.32. The Bertz CT molecular complexity index is 498. The number of rotatable bonds is 2. The van der Waals surface area contributed by atoms with E-state index >= 15 is 0 Å². The van der Waals surface area contributed by atoms with E-state index in [-0.39, 0.29) is 0 Å². The minimum Gasteiger partial charge on any atom is -0.383 e. The molecule has 98 valence electrons. The predicted octanol–water partition coefficient (Wildman–Crippen LogP) is 1.45. The summed E-state index contributed by atoms with van der Waals surface area (Å²) in [5.41, 5.74) is 10.2. The molecule has 1 fully saturated rings. The molecule has 0 amide bonds. The van der Waals surface area contributed by atoms with Gasteiger partial charge in [-0.1, -0.05) is 6.92 Å². The molecular weight excluding hydrogens is 339 g/mol. The fourth-order valence-corrected chi connectivity index (χ4v) is 4.38. The molecule has 2 aliphatic heterocycles. The lowest BCUT2D eigenvalue weighted by Crippen LogP contribution is -2.24. The van der Waals surface area contributed by atoms with E-state index in [2.05, 4.69) is 44.4 Å². The van der Waals surface area contributed by atoms with E-state index in [9.17, 15) is 0 Å². The van der Waals surface area contributed by atoms with E-state index in [0.717, 1.165) is 38.3 Å². The van der Waals surface area contributed by atoms with E-state index in [1.807, 2.05) is 0 Å². The smallest absolute Gasteiger partial charge is 0.128 e. The molecule has 0 aromatic carbocycles. The van der Waals surface area contributed by atoms with Crippen molar-refractivity contribution in [1.82, 2.24) is 9.88 Å². The number of amidine groups is 1. The molecule has 0 bridgehead atoms. The molecule has 0 radical (unpaired) electrons. The van der Waals surface area contributed by atoms with Gasteiger partial charge in [0.25, 0.3) is 0 Å². The molecule has 0 aliphatic carbocycles. The second kappa shape index (κ2) is 4.85. The van der Waals surface area contributed by atoms with Crippen LogP contribution in [0.15, 0.2) is 4.99 Å². The third kappa shape index (κ3) is 1.79. The summed E-state index contributed by atoms with van der Waals surface area (Å²) in [5, 5.41) is 3.46. The second-order valence-electron chi connectivity index (χ2n) is 4.97. The molecule has 0 saturated carbocycles. The first kappa shape index (κ1) is 12.5. The second-order valence-corrected chi connectivity index (χ2v) is 6.05. The topological polar surface area (TPSA) is 55.3 Å². The normalized spacial score (nSPS) is 23.0. The summed E-state index contributed by atoms with van der Waals surface area (Å²) in [4.78, 5) is 4.41. The van der Waals surface area contributed by atoms with Crippen LogP contribution in [0, 0.1) is 3.57 Å². The molecule has 0 spiro atoms. The van der Waals surface area contributed by atoms with Gasteiger partial charge in [0.15, 0.2) is 0 Å². The van der Waals surface area contributed by atoms with Crippen molar-refractivity contribution in [3.8, 4) is 0 Å². The minimum absolute atomic E-state index is 0.600. The zero-order valence-corrected chi connectivity index (χ0v) is 12.8. The van der Waals surface area contributed by atoms with Crippen LogP contribution in [-0.2, 0) is 12.8 Å². The van der Waals surface area contributed by atoms with Gasteiger partial charge in [-0.25, -0.2) is 0 Å². The number of fused-ring (bicyclic) bond motifs is 1. The highest BCUT2D eigenvalue weighted by Gasteiger charge is 2.29. The van der Waals surface area contributed by atoms with Gasteiger partial charge in [0.1, 0.15) is 5.84 Å². The molecular formula is C13H19IN4. The van der Waals surface area contributed by atoms with Crippen molar-refractivity contribution in [2.24, 2.45) is 10.7 Å². The standard InChI is InChI=1S/C13H19IN4/c1-2-9-12(14)11-10(4-6-17-13(11)15)18(9)8-3-5-16-7-8/h8,16H,2-7H2,1H3,(H2,15,17)/t8-/m0/s1. The Labute approximate surface area is 121 Å². The number of nitrogens with one attached hydrogen (secondary N) is 1. The maximum atomic E-state index is 6.10. The zero-order chi connectivity index (χ0) is 12.7. The van der Waals surface area contributed by atoms with Gasteiger partial charge in [-0.3, -0.25) is 4.99 Å². The number of aliphatic imine (C=N–C) groups is 1. The third-order valence-corrected chi connectivity index (χ3v) is 5.13. The fraction of sp³-hybridized carbons (Fsp3) is 0.615. The van der Waals surface area contributed by atoms with Gasteiger partial charge in [-0.15, -0.1) is 0 Å². The zero-order valence-electron chi connectivity index (χ0n) is 10.7. The summed E-state index contributed by atoms with van der Waals surface area (Å²) in [6.45, 7) is 5.28. The SMILES string of the molecule is CCc1c(I)c2c(n1[C@H]1CCNC1)CCN=C2N. The predicted molar refractivity (Wildman–Crippen MR) is 82.3 cm³/mol. The van der Waals surface area contributed by atoms with Crippen molar-refractivity contribution in [1.29, 1.82) is 0 Å². The van der Waals surface area contributed by atoms with Crippen molar-refractivity contribution < 1.29 is 0 Å². The highest BCUT2D eigenvalue weighted by Crippen LogP contribution is 2.32. The summed E-state index contributed by atoms with van der Waals surface area (Å²) in [7, 11) is 0. The Hall–Kier alpha value is -0.560. The molecule has 0 unspecified atom stereocenters. The van der Waals surface area contributed by atoms with Gasteiger partial charge in [0, 0.05) is 40.5 Å². The third-order valence-electron chi connectivity index (χ3n) is 3.96. The van der Waals surface area contributed by atoms with Crippen molar-refractivity contribution >= 4 is 28.4 Å². The number of aromatic nitrogens is 1. The minimum atomic E-state index is 0.600. The molecule has 4 nitrogen and oxygen atoms in total. The van der Waals surface area contributed by atoms with Gasteiger partial charge in [0.2, 0.25) is 0 Å². The first-order valence-corrected chi connectivity index (χ1v) is 7.74. The largest absolute Gasteiger partial charge is 0.383 e. The van der Waals surface area contributed by atoms with E-state index in [1.165, 1.54) is 26.9 Å². The lowest BCUT2D eigenvalue weighted by Gasteiger charge is -2.20. The van der Waals surface area contributed by atoms with Crippen LogP contribution in [0.3, 0.4) is 0 Å². The highest BCUT2D eigenvalue weighted by molar-refractivity contribution is 14.1. The number of nitrogens with zero attached hydrogens (tertiary/aromatic N) is 2. The quantitative estimate of drug-likeness (QED) is 0.787. The highest BCUT2D eigenvalue weighted by atomic mass is 127. The Morgan fingerprint density at radius 3 is 3.06 bits per heavy atom. The van der Waals surface area contributed by atoms with Crippen LogP contribution in [0.1, 0.15) is 36.3 Å². The number of hydrogen-bond acceptors (Lipinski definition) is 3. The van der Waals surface area contributed by atoms with Crippen LogP contribution >= 0.6 is 22.6 Å². The first-order chi connectivity index (χ1) is 8.74. The molecule has 1 aromatic rings. The molecule has 1 saturated heterocycles. The van der Waals surface area contributed by atoms with Gasteiger partial charge < -0.3 is 15.6 Å². The average molecular weight is 358 g/mol. The van der Waals surface area contributed by atoms with Crippen molar-refractivity contribution in [2.45, 2.75) is 32.2 Å². The fourth-order valence-electron chi connectivity index (χ4n) is 3.15. The summed E-state index contributed by atoms with van der Waals surface area (Å²) < 4.78 is 3.87. The van der Waals surface area contributed by atoms with Crippen LogP contribution in [0.2, 0.25) is 0 Å². The Balaban J connectivity index is 2.17. The van der Waals surface area contributed by atoms with Crippen molar-refractivity contribution in [3.05, 3.63) is 20.5 Å². The van der Waals surface area contributed by atoms with Crippen molar-refractivity contribution in [3.63, 3.8) is 0 Å².